The second-order valence-electron chi connectivity index (χ2n) is 6.07. The van der Waals surface area contributed by atoms with Crippen molar-refractivity contribution in [3.63, 3.8) is 0 Å². The van der Waals surface area contributed by atoms with Crippen molar-refractivity contribution in [3.8, 4) is 10.6 Å². The Bertz CT molecular complexity index is 927. The zero-order valence-electron chi connectivity index (χ0n) is 15.5. The van der Waals surface area contributed by atoms with E-state index in [9.17, 15) is 9.59 Å². The zero-order chi connectivity index (χ0) is 19.8. The first kappa shape index (κ1) is 20.1. The first-order chi connectivity index (χ1) is 13.6. The maximum Gasteiger partial charge on any atom is 0.281 e. The number of nitrogens with one attached hydrogen (secondary N) is 2. The number of carbonyl (C=O) groups is 2. The lowest BCUT2D eigenvalue weighted by Crippen LogP contribution is -2.41. The van der Waals surface area contributed by atoms with Crippen LogP contribution in [-0.2, 0) is 4.79 Å². The van der Waals surface area contributed by atoms with Crippen molar-refractivity contribution in [3.05, 3.63) is 71.2 Å². The van der Waals surface area contributed by atoms with Crippen LogP contribution in [0.5, 0.6) is 0 Å². The van der Waals surface area contributed by atoms with Gasteiger partial charge in [0.25, 0.3) is 5.91 Å². The summed E-state index contributed by atoms with van der Waals surface area (Å²) in [5, 5.41) is 0.785. The summed E-state index contributed by atoms with van der Waals surface area (Å²) < 4.78 is 0. The molecule has 0 bridgehead atoms. The van der Waals surface area contributed by atoms with E-state index in [1.807, 2.05) is 60.7 Å². The van der Waals surface area contributed by atoms with Gasteiger partial charge in [0.1, 0.15) is 9.88 Å². The molecule has 7 heteroatoms. The van der Waals surface area contributed by atoms with E-state index in [0.717, 1.165) is 22.7 Å². The van der Waals surface area contributed by atoms with E-state index in [-0.39, 0.29) is 11.8 Å². The molecule has 0 aliphatic heterocycles. The average molecular weight is 412 g/mol. The number of carbonyl (C=O) groups excluding carboxylic acids is 2. The van der Waals surface area contributed by atoms with E-state index in [4.69, 9.17) is 0 Å². The lowest BCUT2D eigenvalue weighted by atomic mass is 10.2. The lowest BCUT2D eigenvalue weighted by Gasteiger charge is -2.06. The third-order valence-electron chi connectivity index (χ3n) is 3.90. The van der Waals surface area contributed by atoms with Crippen molar-refractivity contribution in [1.82, 2.24) is 15.8 Å². The summed E-state index contributed by atoms with van der Waals surface area (Å²) in [5.74, 6) is 0.302. The molecule has 0 radical (unpaired) electrons. The minimum Gasteiger partial charge on any atom is -0.273 e. The molecule has 5 nitrogen and oxygen atoms in total. The molecule has 28 heavy (non-hydrogen) atoms. The van der Waals surface area contributed by atoms with Crippen LogP contribution in [0.2, 0.25) is 0 Å². The second-order valence-corrected chi connectivity index (χ2v) is 8.23. The molecule has 1 aromatic heterocycles. The largest absolute Gasteiger partial charge is 0.281 e. The molecule has 1 heterocycles. The van der Waals surface area contributed by atoms with Crippen LogP contribution >= 0.6 is 23.1 Å². The smallest absolute Gasteiger partial charge is 0.273 e. The third kappa shape index (κ3) is 5.68. The summed E-state index contributed by atoms with van der Waals surface area (Å²) in [5.41, 5.74) is 6.59. The molecular formula is C21H21N3O2S2. The van der Waals surface area contributed by atoms with Crippen molar-refractivity contribution in [2.75, 3.05) is 5.75 Å². The van der Waals surface area contributed by atoms with Gasteiger partial charge in [0.15, 0.2) is 0 Å². The number of nitrogens with zero attached hydrogens (tertiary/aromatic N) is 1. The van der Waals surface area contributed by atoms with Gasteiger partial charge in [0.2, 0.25) is 5.91 Å². The maximum atomic E-state index is 12.4. The number of thioether (sulfide) groups is 1. The van der Waals surface area contributed by atoms with E-state index >= 15 is 0 Å². The van der Waals surface area contributed by atoms with Gasteiger partial charge in [-0.05, 0) is 31.2 Å². The standard InChI is InChI=1S/C21H21N3O2S2/c1-15-19(28-21(22-15)16-9-4-2-5-10-16)20(26)24-23-18(25)13-8-14-27-17-11-6-3-7-12-17/h2-7,9-12H,8,13-14H2,1H3,(H,23,25)(H,24,26). The van der Waals surface area contributed by atoms with Crippen LogP contribution in [0.15, 0.2) is 65.6 Å². The average Bonchev–Trinajstić information content (AvgIpc) is 3.12. The number of amides is 2. The molecule has 2 aromatic carbocycles. The lowest BCUT2D eigenvalue weighted by molar-refractivity contribution is -0.121. The summed E-state index contributed by atoms with van der Waals surface area (Å²) in [6.45, 7) is 1.79. The van der Waals surface area contributed by atoms with E-state index in [1.165, 1.54) is 16.2 Å². The van der Waals surface area contributed by atoms with Gasteiger partial charge in [-0.3, -0.25) is 20.4 Å². The van der Waals surface area contributed by atoms with Gasteiger partial charge in [-0.2, -0.15) is 0 Å². The highest BCUT2D eigenvalue weighted by molar-refractivity contribution is 7.99. The summed E-state index contributed by atoms with van der Waals surface area (Å²) in [4.78, 5) is 30.5. The Morgan fingerprint density at radius 3 is 2.39 bits per heavy atom. The molecule has 144 valence electrons. The van der Waals surface area contributed by atoms with Gasteiger partial charge in [-0.15, -0.1) is 23.1 Å². The van der Waals surface area contributed by atoms with Crippen LogP contribution in [0.3, 0.4) is 0 Å². The number of hydrogen-bond donors (Lipinski definition) is 2. The highest BCUT2D eigenvalue weighted by atomic mass is 32.2. The molecule has 0 spiro atoms. The topological polar surface area (TPSA) is 71.1 Å². The Morgan fingerprint density at radius 1 is 1.00 bits per heavy atom. The molecular weight excluding hydrogens is 390 g/mol. The van der Waals surface area contributed by atoms with Gasteiger partial charge < -0.3 is 0 Å². The summed E-state index contributed by atoms with van der Waals surface area (Å²) in [6.07, 6.45) is 1.09. The van der Waals surface area contributed by atoms with Crippen LogP contribution in [0, 0.1) is 6.92 Å². The van der Waals surface area contributed by atoms with Crippen LogP contribution in [0.1, 0.15) is 28.2 Å². The van der Waals surface area contributed by atoms with E-state index < -0.39 is 0 Å². The predicted molar refractivity (Wildman–Crippen MR) is 114 cm³/mol. The predicted octanol–water partition coefficient (Wildman–Crippen LogP) is 4.45. The van der Waals surface area contributed by atoms with Gasteiger partial charge in [-0.1, -0.05) is 48.5 Å². The number of benzene rings is 2. The molecule has 0 atom stereocenters. The maximum absolute atomic E-state index is 12.4. The fourth-order valence-electron chi connectivity index (χ4n) is 2.50. The van der Waals surface area contributed by atoms with Gasteiger partial charge in [0, 0.05) is 16.9 Å². The Hall–Kier alpha value is -2.64. The number of hydrogen-bond acceptors (Lipinski definition) is 5. The fourth-order valence-corrected chi connectivity index (χ4v) is 4.34. The summed E-state index contributed by atoms with van der Waals surface area (Å²) >= 11 is 3.03. The molecule has 3 aromatic rings. The van der Waals surface area contributed by atoms with Crippen LogP contribution in [-0.4, -0.2) is 22.6 Å². The van der Waals surface area contributed by atoms with Crippen molar-refractivity contribution < 1.29 is 9.59 Å². The monoisotopic (exact) mass is 411 g/mol. The number of thiazole rings is 1. The van der Waals surface area contributed by atoms with Crippen LogP contribution in [0.4, 0.5) is 0 Å². The molecule has 2 amide bonds. The molecule has 3 rings (SSSR count). The Kier molecular flexibility index (Phi) is 7.22. The van der Waals surface area contributed by atoms with E-state index in [2.05, 4.69) is 15.8 Å². The summed E-state index contributed by atoms with van der Waals surface area (Å²) in [7, 11) is 0. The number of rotatable bonds is 7. The SMILES string of the molecule is Cc1nc(-c2ccccc2)sc1C(=O)NNC(=O)CCCSc1ccccc1. The zero-order valence-corrected chi connectivity index (χ0v) is 17.1. The first-order valence-electron chi connectivity index (χ1n) is 8.93. The molecule has 0 saturated carbocycles. The molecule has 2 N–H and O–H groups in total. The van der Waals surface area contributed by atoms with Crippen molar-refractivity contribution in [1.29, 1.82) is 0 Å². The Morgan fingerprint density at radius 2 is 1.68 bits per heavy atom. The normalized spacial score (nSPS) is 10.5. The third-order valence-corrected chi connectivity index (χ3v) is 6.20. The number of aryl methyl sites for hydroxylation is 1. The minimum absolute atomic E-state index is 0.201. The molecule has 0 aliphatic rings. The first-order valence-corrected chi connectivity index (χ1v) is 10.7. The molecule has 0 aliphatic carbocycles. The van der Waals surface area contributed by atoms with Crippen LogP contribution < -0.4 is 10.9 Å². The van der Waals surface area contributed by atoms with E-state index in [1.54, 1.807) is 18.7 Å². The van der Waals surface area contributed by atoms with Crippen LogP contribution in [0.25, 0.3) is 10.6 Å². The quantitative estimate of drug-likeness (QED) is 0.342. The summed E-state index contributed by atoms with van der Waals surface area (Å²) in [6, 6.07) is 19.8. The van der Waals surface area contributed by atoms with E-state index in [0.29, 0.717) is 17.0 Å². The molecule has 0 saturated heterocycles. The number of hydrazine groups is 1. The van der Waals surface area contributed by atoms with Crippen molar-refractivity contribution in [2.45, 2.75) is 24.7 Å². The van der Waals surface area contributed by atoms with Gasteiger partial charge >= 0.3 is 0 Å². The Labute approximate surface area is 172 Å². The fraction of sp³-hybridized carbons (Fsp3) is 0.190. The molecule has 0 unspecified atom stereocenters. The van der Waals surface area contributed by atoms with Crippen molar-refractivity contribution >= 4 is 34.9 Å². The second kappa shape index (κ2) is 10.1. The number of aromatic nitrogens is 1. The highest BCUT2D eigenvalue weighted by Gasteiger charge is 2.16. The van der Waals surface area contributed by atoms with Gasteiger partial charge in [-0.25, -0.2) is 4.98 Å². The highest BCUT2D eigenvalue weighted by Crippen LogP contribution is 2.27. The molecule has 0 fully saturated rings. The minimum atomic E-state index is -0.343. The van der Waals surface area contributed by atoms with Crippen molar-refractivity contribution in [2.24, 2.45) is 0 Å². The Balaban J connectivity index is 1.43. The van der Waals surface area contributed by atoms with Gasteiger partial charge in [0.05, 0.1) is 5.69 Å².